The minimum absolute atomic E-state index is 0.440. The van der Waals surface area contributed by atoms with Crippen LogP contribution in [0.3, 0.4) is 0 Å². The van der Waals surface area contributed by atoms with Gasteiger partial charge in [0.05, 0.1) is 17.4 Å². The molecule has 1 aromatic heterocycles. The Morgan fingerprint density at radius 1 is 1.30 bits per heavy atom. The van der Waals surface area contributed by atoms with Crippen LogP contribution in [0.25, 0.3) is 5.69 Å². The summed E-state index contributed by atoms with van der Waals surface area (Å²) in [6.45, 7) is 2.03. The third kappa shape index (κ3) is 3.06. The van der Waals surface area contributed by atoms with Crippen LogP contribution in [0.15, 0.2) is 30.5 Å². The first kappa shape index (κ1) is 15.1. The van der Waals surface area contributed by atoms with E-state index in [4.69, 9.17) is 0 Å². The maximum Gasteiger partial charge on any atom is 0.416 e. The first-order valence-electron chi connectivity index (χ1n) is 6.26. The van der Waals surface area contributed by atoms with Crippen LogP contribution < -0.4 is 0 Å². The topological polar surface area (TPSA) is 17.8 Å². The van der Waals surface area contributed by atoms with E-state index >= 15 is 0 Å². The molecule has 20 heavy (non-hydrogen) atoms. The highest BCUT2D eigenvalue weighted by Gasteiger charge is 2.30. The van der Waals surface area contributed by atoms with E-state index in [0.717, 1.165) is 36.2 Å². The van der Waals surface area contributed by atoms with Gasteiger partial charge in [-0.3, -0.25) is 0 Å². The number of alkyl halides is 4. The minimum Gasteiger partial charge on any atom is -0.238 e. The fraction of sp³-hybridized carbons (Fsp3) is 0.357. The molecule has 2 nitrogen and oxygen atoms in total. The summed E-state index contributed by atoms with van der Waals surface area (Å²) in [6, 6.07) is 5.24. The Morgan fingerprint density at radius 3 is 2.65 bits per heavy atom. The van der Waals surface area contributed by atoms with Crippen molar-refractivity contribution >= 4 is 15.9 Å². The number of aromatic nitrogens is 2. The van der Waals surface area contributed by atoms with Gasteiger partial charge in [0.2, 0.25) is 0 Å². The molecular formula is C14H14BrF3N2. The monoisotopic (exact) mass is 346 g/mol. The van der Waals surface area contributed by atoms with Crippen LogP contribution in [0.4, 0.5) is 13.2 Å². The molecule has 2 aromatic rings. The molecule has 1 aromatic carbocycles. The molecule has 0 radical (unpaired) electrons. The number of benzene rings is 1. The Labute approximate surface area is 123 Å². The van der Waals surface area contributed by atoms with Gasteiger partial charge in [-0.15, -0.1) is 0 Å². The van der Waals surface area contributed by atoms with Crippen molar-refractivity contribution in [2.45, 2.75) is 31.3 Å². The average Bonchev–Trinajstić information content (AvgIpc) is 2.81. The van der Waals surface area contributed by atoms with Gasteiger partial charge in [-0.1, -0.05) is 35.3 Å². The van der Waals surface area contributed by atoms with Gasteiger partial charge in [-0.25, -0.2) is 4.68 Å². The van der Waals surface area contributed by atoms with Gasteiger partial charge in [0.25, 0.3) is 0 Å². The molecule has 0 amide bonds. The van der Waals surface area contributed by atoms with Gasteiger partial charge in [0.1, 0.15) is 0 Å². The predicted molar refractivity (Wildman–Crippen MR) is 75.2 cm³/mol. The number of rotatable bonds is 4. The van der Waals surface area contributed by atoms with Crippen LogP contribution in [0.5, 0.6) is 0 Å². The summed E-state index contributed by atoms with van der Waals surface area (Å²) in [4.78, 5) is 0. The maximum atomic E-state index is 12.8. The van der Waals surface area contributed by atoms with Crippen molar-refractivity contribution in [2.24, 2.45) is 0 Å². The molecule has 6 heteroatoms. The molecule has 2 rings (SSSR count). The quantitative estimate of drug-likeness (QED) is 0.731. The summed E-state index contributed by atoms with van der Waals surface area (Å²) in [5, 5.41) is 4.86. The molecule has 0 saturated carbocycles. The highest BCUT2D eigenvalue weighted by molar-refractivity contribution is 9.08. The zero-order valence-corrected chi connectivity index (χ0v) is 12.5. The van der Waals surface area contributed by atoms with E-state index in [0.29, 0.717) is 11.0 Å². The van der Waals surface area contributed by atoms with E-state index in [1.165, 1.54) is 6.07 Å². The third-order valence-electron chi connectivity index (χ3n) is 3.00. The zero-order valence-electron chi connectivity index (χ0n) is 10.9. The van der Waals surface area contributed by atoms with Gasteiger partial charge in [-0.2, -0.15) is 18.3 Å². The summed E-state index contributed by atoms with van der Waals surface area (Å²) in [5.41, 5.74) is 1.73. The van der Waals surface area contributed by atoms with Gasteiger partial charge in [0, 0.05) is 16.6 Å². The summed E-state index contributed by atoms with van der Waals surface area (Å²) >= 11 is 3.38. The molecular weight excluding hydrogens is 333 g/mol. The van der Waals surface area contributed by atoms with E-state index in [1.807, 2.05) is 6.92 Å². The second kappa shape index (κ2) is 5.99. The molecule has 0 fully saturated rings. The molecule has 0 aliphatic carbocycles. The van der Waals surface area contributed by atoms with Crippen LogP contribution in [0, 0.1) is 0 Å². The fourth-order valence-corrected chi connectivity index (χ4v) is 2.53. The molecule has 0 aliphatic heterocycles. The summed E-state index contributed by atoms with van der Waals surface area (Å²) in [6.07, 6.45) is -0.964. The van der Waals surface area contributed by atoms with Crippen molar-refractivity contribution in [3.8, 4) is 5.69 Å². The van der Waals surface area contributed by atoms with E-state index in [2.05, 4.69) is 21.0 Å². The molecule has 0 saturated heterocycles. The Bertz CT molecular complexity index is 590. The van der Waals surface area contributed by atoms with Gasteiger partial charge >= 0.3 is 6.18 Å². The molecule has 0 unspecified atom stereocenters. The number of halogens is 4. The lowest BCUT2D eigenvalue weighted by molar-refractivity contribution is -0.137. The van der Waals surface area contributed by atoms with Crippen molar-refractivity contribution in [3.63, 3.8) is 0 Å². The lowest BCUT2D eigenvalue weighted by atomic mass is 10.1. The molecule has 0 bridgehead atoms. The second-order valence-electron chi connectivity index (χ2n) is 4.46. The Morgan fingerprint density at radius 2 is 2.05 bits per heavy atom. The lowest BCUT2D eigenvalue weighted by Gasteiger charge is -2.11. The van der Waals surface area contributed by atoms with E-state index in [9.17, 15) is 13.2 Å². The molecule has 1 heterocycles. The number of hydrogen-bond donors (Lipinski definition) is 0. The van der Waals surface area contributed by atoms with Crippen LogP contribution in [0.2, 0.25) is 0 Å². The third-order valence-corrected chi connectivity index (χ3v) is 3.61. The summed E-state index contributed by atoms with van der Waals surface area (Å²) < 4.78 is 39.9. The van der Waals surface area contributed by atoms with Gasteiger partial charge in [0.15, 0.2) is 0 Å². The fourth-order valence-electron chi connectivity index (χ4n) is 2.06. The molecule has 0 aliphatic rings. The average molecular weight is 347 g/mol. The van der Waals surface area contributed by atoms with E-state index in [-0.39, 0.29) is 0 Å². The second-order valence-corrected chi connectivity index (χ2v) is 5.02. The van der Waals surface area contributed by atoms with Crippen molar-refractivity contribution in [2.75, 3.05) is 0 Å². The normalized spacial score (nSPS) is 11.8. The van der Waals surface area contributed by atoms with E-state index < -0.39 is 11.7 Å². The predicted octanol–water partition coefficient (Wildman–Crippen LogP) is 4.74. The van der Waals surface area contributed by atoms with Crippen molar-refractivity contribution < 1.29 is 13.2 Å². The number of hydrogen-bond acceptors (Lipinski definition) is 1. The van der Waals surface area contributed by atoms with Crippen molar-refractivity contribution in [3.05, 3.63) is 47.3 Å². The van der Waals surface area contributed by atoms with Crippen molar-refractivity contribution in [1.82, 2.24) is 9.78 Å². The smallest absolute Gasteiger partial charge is 0.238 e. The zero-order chi connectivity index (χ0) is 14.8. The first-order valence-corrected chi connectivity index (χ1v) is 7.39. The highest BCUT2D eigenvalue weighted by atomic mass is 79.9. The van der Waals surface area contributed by atoms with Gasteiger partial charge in [-0.05, 0) is 24.6 Å². The first-order chi connectivity index (χ1) is 9.47. The molecule has 0 N–H and O–H groups in total. The van der Waals surface area contributed by atoms with Gasteiger partial charge < -0.3 is 0 Å². The summed E-state index contributed by atoms with van der Waals surface area (Å²) in [5.74, 6) is 0. The molecule has 0 atom stereocenters. The number of nitrogens with zero attached hydrogens (tertiary/aromatic N) is 2. The van der Waals surface area contributed by atoms with Crippen LogP contribution >= 0.6 is 15.9 Å². The standard InChI is InChI=1S/C14H14BrF3N2/c1-2-4-13-10(8-15)9-19-20(13)12-6-3-5-11(7-12)14(16,17)18/h3,5-7,9H,2,4,8H2,1H3. The SMILES string of the molecule is CCCc1c(CBr)cnn1-c1cccc(C(F)(F)F)c1. The van der Waals surface area contributed by atoms with Crippen LogP contribution in [-0.2, 0) is 17.9 Å². The maximum absolute atomic E-state index is 12.8. The molecule has 108 valence electrons. The highest BCUT2D eigenvalue weighted by Crippen LogP contribution is 2.30. The minimum atomic E-state index is -4.34. The summed E-state index contributed by atoms with van der Waals surface area (Å²) in [7, 11) is 0. The van der Waals surface area contributed by atoms with E-state index in [1.54, 1.807) is 16.9 Å². The van der Waals surface area contributed by atoms with Crippen molar-refractivity contribution in [1.29, 1.82) is 0 Å². The Balaban J connectivity index is 2.49. The van der Waals surface area contributed by atoms with Crippen LogP contribution in [0.1, 0.15) is 30.2 Å². The Hall–Kier alpha value is -1.30. The Kier molecular flexibility index (Phi) is 4.52. The molecule has 0 spiro atoms. The lowest BCUT2D eigenvalue weighted by Crippen LogP contribution is -2.08. The van der Waals surface area contributed by atoms with Crippen LogP contribution in [-0.4, -0.2) is 9.78 Å². The largest absolute Gasteiger partial charge is 0.416 e.